The van der Waals surface area contributed by atoms with E-state index in [1.54, 1.807) is 12.1 Å². The van der Waals surface area contributed by atoms with Crippen molar-refractivity contribution in [2.75, 3.05) is 13.1 Å². The minimum atomic E-state index is -3.70. The highest BCUT2D eigenvalue weighted by atomic mass is 32.2. The number of esters is 1. The Bertz CT molecular complexity index is 989. The van der Waals surface area contributed by atoms with E-state index >= 15 is 0 Å². The van der Waals surface area contributed by atoms with E-state index in [4.69, 9.17) is 4.74 Å². The molecule has 0 saturated carbocycles. The predicted molar refractivity (Wildman–Crippen MR) is 110 cm³/mol. The lowest BCUT2D eigenvalue weighted by Crippen LogP contribution is -2.36. The Hall–Kier alpha value is -3.04. The van der Waals surface area contributed by atoms with Gasteiger partial charge in [-0.2, -0.15) is 0 Å². The van der Waals surface area contributed by atoms with Gasteiger partial charge in [-0.15, -0.1) is 6.58 Å². The van der Waals surface area contributed by atoms with Crippen molar-refractivity contribution in [3.05, 3.63) is 78.1 Å². The Morgan fingerprint density at radius 3 is 2.37 bits per heavy atom. The third-order valence-electron chi connectivity index (χ3n) is 4.10. The Morgan fingerprint density at radius 2 is 1.77 bits per heavy atom. The minimum Gasteiger partial charge on any atom is -0.449 e. The molecule has 30 heavy (non-hydrogen) atoms. The monoisotopic (exact) mass is 434 g/mol. The van der Waals surface area contributed by atoms with Gasteiger partial charge in [-0.05, 0) is 55.3 Å². The van der Waals surface area contributed by atoms with Gasteiger partial charge in [0.2, 0.25) is 10.0 Å². The summed E-state index contributed by atoms with van der Waals surface area (Å²) in [6.45, 7) is 5.26. The fourth-order valence-corrected chi connectivity index (χ4v) is 3.43. The molecule has 0 spiro atoms. The normalized spacial score (nSPS) is 12.1. The quantitative estimate of drug-likeness (QED) is 0.441. The highest BCUT2D eigenvalue weighted by molar-refractivity contribution is 7.89. The predicted octanol–water partition coefficient (Wildman–Crippen LogP) is 2.19. The molecule has 0 aliphatic heterocycles. The van der Waals surface area contributed by atoms with Gasteiger partial charge in [0.25, 0.3) is 5.91 Å². The third kappa shape index (κ3) is 6.78. The van der Waals surface area contributed by atoms with Crippen molar-refractivity contribution in [3.63, 3.8) is 0 Å². The van der Waals surface area contributed by atoms with Crippen LogP contribution in [0.5, 0.6) is 0 Å². The summed E-state index contributed by atoms with van der Waals surface area (Å²) in [6.07, 6.45) is 0.876. The first-order valence-electron chi connectivity index (χ1n) is 9.16. The summed E-state index contributed by atoms with van der Waals surface area (Å²) in [5, 5.41) is 2.65. The van der Waals surface area contributed by atoms with Gasteiger partial charge in [-0.25, -0.2) is 22.3 Å². The summed E-state index contributed by atoms with van der Waals surface area (Å²) >= 11 is 0. The first-order chi connectivity index (χ1) is 14.2. The van der Waals surface area contributed by atoms with Crippen molar-refractivity contribution >= 4 is 21.9 Å². The fourth-order valence-electron chi connectivity index (χ4n) is 2.43. The molecule has 2 N–H and O–H groups in total. The SMILES string of the molecule is C=CCNS(=O)(=O)c1ccc(C(=O)OC(C)C(=O)NCCc2ccc(F)cc2)cc1. The molecule has 0 aliphatic carbocycles. The average Bonchev–Trinajstić information content (AvgIpc) is 2.73. The number of benzene rings is 2. The van der Waals surface area contributed by atoms with Gasteiger partial charge >= 0.3 is 5.97 Å². The van der Waals surface area contributed by atoms with Gasteiger partial charge in [0.15, 0.2) is 6.10 Å². The van der Waals surface area contributed by atoms with Gasteiger partial charge in [-0.3, -0.25) is 4.79 Å². The van der Waals surface area contributed by atoms with Crippen molar-refractivity contribution in [2.45, 2.75) is 24.3 Å². The number of nitrogens with one attached hydrogen (secondary N) is 2. The van der Waals surface area contributed by atoms with Crippen LogP contribution in [0.15, 0.2) is 66.1 Å². The van der Waals surface area contributed by atoms with E-state index in [1.165, 1.54) is 49.4 Å². The number of sulfonamides is 1. The van der Waals surface area contributed by atoms with Crippen LogP contribution in [0.3, 0.4) is 0 Å². The highest BCUT2D eigenvalue weighted by Crippen LogP contribution is 2.12. The van der Waals surface area contributed by atoms with Crippen LogP contribution in [0.4, 0.5) is 4.39 Å². The molecule has 0 saturated heterocycles. The number of ether oxygens (including phenoxy) is 1. The summed E-state index contributed by atoms with van der Waals surface area (Å²) < 4.78 is 44.4. The largest absolute Gasteiger partial charge is 0.449 e. The first-order valence-corrected chi connectivity index (χ1v) is 10.6. The van der Waals surface area contributed by atoms with Crippen LogP contribution >= 0.6 is 0 Å². The Morgan fingerprint density at radius 1 is 1.13 bits per heavy atom. The average molecular weight is 434 g/mol. The summed E-state index contributed by atoms with van der Waals surface area (Å²) in [5.74, 6) is -1.56. The van der Waals surface area contributed by atoms with Crippen molar-refractivity contribution in [1.29, 1.82) is 0 Å². The molecule has 0 aromatic heterocycles. The second kappa shape index (κ2) is 10.7. The zero-order chi connectivity index (χ0) is 22.1. The van der Waals surface area contributed by atoms with Gasteiger partial charge in [-0.1, -0.05) is 18.2 Å². The standard InChI is InChI=1S/C21H23FN2O5S/c1-3-13-24-30(27,28)19-10-6-17(7-11-19)21(26)29-15(2)20(25)23-14-12-16-4-8-18(22)9-5-16/h3-11,15,24H,1,12-14H2,2H3,(H,23,25). The number of carbonyl (C=O) groups excluding carboxylic acids is 2. The highest BCUT2D eigenvalue weighted by Gasteiger charge is 2.19. The summed E-state index contributed by atoms with van der Waals surface area (Å²) in [6, 6.07) is 11.1. The van der Waals surface area contributed by atoms with Gasteiger partial charge < -0.3 is 10.1 Å². The maximum absolute atomic E-state index is 12.9. The Balaban J connectivity index is 1.86. The molecular weight excluding hydrogens is 411 g/mol. The maximum atomic E-state index is 12.9. The first kappa shape index (κ1) is 23.2. The van der Waals surface area contributed by atoms with E-state index in [0.29, 0.717) is 13.0 Å². The number of carbonyl (C=O) groups is 2. The van der Waals surface area contributed by atoms with Crippen molar-refractivity contribution in [1.82, 2.24) is 10.0 Å². The van der Waals surface area contributed by atoms with Crippen LogP contribution in [-0.2, 0) is 26.0 Å². The lowest BCUT2D eigenvalue weighted by molar-refractivity contribution is -0.129. The molecule has 1 atom stereocenters. The molecule has 7 nitrogen and oxygen atoms in total. The molecule has 1 unspecified atom stereocenters. The van der Waals surface area contributed by atoms with Crippen LogP contribution < -0.4 is 10.0 Å². The summed E-state index contributed by atoms with van der Waals surface area (Å²) in [7, 11) is -3.70. The van der Waals surface area contributed by atoms with Crippen LogP contribution in [0.25, 0.3) is 0 Å². The zero-order valence-electron chi connectivity index (χ0n) is 16.4. The second-order valence-corrected chi connectivity index (χ2v) is 8.15. The Kier molecular flexibility index (Phi) is 8.25. The lowest BCUT2D eigenvalue weighted by atomic mass is 10.1. The molecule has 0 aliphatic rings. The van der Waals surface area contributed by atoms with Crippen molar-refractivity contribution in [2.24, 2.45) is 0 Å². The summed E-state index contributed by atoms with van der Waals surface area (Å²) in [4.78, 5) is 24.3. The molecule has 0 radical (unpaired) electrons. The van der Waals surface area contributed by atoms with Crippen molar-refractivity contribution in [3.8, 4) is 0 Å². The molecule has 2 aromatic carbocycles. The van der Waals surface area contributed by atoms with Gasteiger partial charge in [0.1, 0.15) is 5.82 Å². The van der Waals surface area contributed by atoms with E-state index < -0.39 is 28.0 Å². The van der Waals surface area contributed by atoms with E-state index in [2.05, 4.69) is 16.6 Å². The van der Waals surface area contributed by atoms with Crippen LogP contribution in [0.2, 0.25) is 0 Å². The van der Waals surface area contributed by atoms with E-state index in [1.807, 2.05) is 0 Å². The fraction of sp³-hybridized carbons (Fsp3) is 0.238. The molecule has 2 rings (SSSR count). The van der Waals surface area contributed by atoms with Crippen molar-refractivity contribution < 1.29 is 27.1 Å². The van der Waals surface area contributed by atoms with Gasteiger partial charge in [0, 0.05) is 13.1 Å². The molecular formula is C21H23FN2O5S. The minimum absolute atomic E-state index is 0.00696. The molecule has 0 fully saturated rings. The lowest BCUT2D eigenvalue weighted by Gasteiger charge is -2.14. The molecule has 160 valence electrons. The summed E-state index contributed by atoms with van der Waals surface area (Å²) in [5.41, 5.74) is 0.975. The zero-order valence-corrected chi connectivity index (χ0v) is 17.2. The van der Waals surface area contributed by atoms with E-state index in [-0.39, 0.29) is 22.8 Å². The topological polar surface area (TPSA) is 102 Å². The smallest absolute Gasteiger partial charge is 0.338 e. The number of halogens is 1. The molecule has 0 bridgehead atoms. The Labute approximate surface area is 175 Å². The third-order valence-corrected chi connectivity index (χ3v) is 5.54. The van der Waals surface area contributed by atoms with Crippen LogP contribution in [0, 0.1) is 5.82 Å². The maximum Gasteiger partial charge on any atom is 0.338 e. The van der Waals surface area contributed by atoms with Crippen LogP contribution in [0.1, 0.15) is 22.8 Å². The second-order valence-electron chi connectivity index (χ2n) is 6.38. The number of hydrogen-bond donors (Lipinski definition) is 2. The number of hydrogen-bond acceptors (Lipinski definition) is 5. The molecule has 2 aromatic rings. The van der Waals surface area contributed by atoms with Gasteiger partial charge in [0.05, 0.1) is 10.5 Å². The van der Waals surface area contributed by atoms with E-state index in [9.17, 15) is 22.4 Å². The number of rotatable bonds is 10. The molecule has 0 heterocycles. The molecule has 1 amide bonds. The number of amides is 1. The van der Waals surface area contributed by atoms with E-state index in [0.717, 1.165) is 5.56 Å². The van der Waals surface area contributed by atoms with Crippen LogP contribution in [-0.4, -0.2) is 39.5 Å². The molecule has 9 heteroatoms.